The fourth-order valence-corrected chi connectivity index (χ4v) is 1.86. The van der Waals surface area contributed by atoms with Gasteiger partial charge in [-0.3, -0.25) is 4.79 Å². The summed E-state index contributed by atoms with van der Waals surface area (Å²) in [7, 11) is 1.64. The molecule has 1 aliphatic rings. The Hall–Kier alpha value is -1.50. The Balaban J connectivity index is 1.94. The van der Waals surface area contributed by atoms with Crippen molar-refractivity contribution >= 4 is 5.97 Å². The van der Waals surface area contributed by atoms with E-state index in [9.17, 15) is 9.90 Å². The maximum absolute atomic E-state index is 10.6. The highest BCUT2D eigenvalue weighted by atomic mass is 16.4. The van der Waals surface area contributed by atoms with Crippen LogP contribution in [0.1, 0.15) is 18.7 Å². The van der Waals surface area contributed by atoms with Crippen LogP contribution < -0.4 is 0 Å². The molecule has 82 valence electrons. The van der Waals surface area contributed by atoms with Crippen LogP contribution in [0.5, 0.6) is 0 Å². The zero-order valence-corrected chi connectivity index (χ0v) is 8.29. The van der Waals surface area contributed by atoms with Gasteiger partial charge >= 0.3 is 5.97 Å². The topological polar surface area (TPSA) is 101 Å². The predicted octanol–water partition coefficient (Wildman–Crippen LogP) is -1.02. The molecule has 1 aliphatic carbocycles. The van der Waals surface area contributed by atoms with Gasteiger partial charge in [0.25, 0.3) is 0 Å². The molecule has 1 saturated carbocycles. The van der Waals surface area contributed by atoms with E-state index in [1.54, 1.807) is 7.05 Å². The minimum absolute atomic E-state index is 0.264. The fraction of sp³-hybridized carbons (Fsp3) is 0.750. The molecule has 0 bridgehead atoms. The van der Waals surface area contributed by atoms with E-state index in [2.05, 4.69) is 15.4 Å². The molecule has 0 saturated heterocycles. The van der Waals surface area contributed by atoms with Gasteiger partial charge in [0.1, 0.15) is 0 Å². The Kier molecular flexibility index (Phi) is 2.18. The molecule has 1 aromatic rings. The first-order valence-corrected chi connectivity index (χ1v) is 4.67. The van der Waals surface area contributed by atoms with Crippen LogP contribution in [-0.2, 0) is 18.3 Å². The highest BCUT2D eigenvalue weighted by Gasteiger charge is 2.46. The van der Waals surface area contributed by atoms with E-state index >= 15 is 0 Å². The summed E-state index contributed by atoms with van der Waals surface area (Å²) < 4.78 is 0. The van der Waals surface area contributed by atoms with E-state index in [0.29, 0.717) is 5.82 Å². The molecule has 2 rings (SSSR count). The summed E-state index contributed by atoms with van der Waals surface area (Å²) >= 11 is 0. The average molecular weight is 212 g/mol. The summed E-state index contributed by atoms with van der Waals surface area (Å²) in [4.78, 5) is 11.9. The number of tetrazole rings is 1. The molecular weight excluding hydrogens is 200 g/mol. The second-order valence-corrected chi connectivity index (χ2v) is 4.04. The van der Waals surface area contributed by atoms with Crippen LogP contribution >= 0.6 is 0 Å². The van der Waals surface area contributed by atoms with Gasteiger partial charge in [-0.25, -0.2) is 0 Å². The summed E-state index contributed by atoms with van der Waals surface area (Å²) in [6, 6.07) is 0. The Bertz CT molecular complexity index is 383. The number of carboxylic acids is 1. The first kappa shape index (κ1) is 10.0. The minimum Gasteiger partial charge on any atom is -0.481 e. The Morgan fingerprint density at radius 1 is 1.67 bits per heavy atom. The standard InChI is InChI=1S/C8H12N4O3/c1-12-10-6(9-11-12)4-8(15)2-5(3-8)7(13)14/h5,15H,2-4H2,1H3,(H,13,14). The number of nitrogens with zero attached hydrogens (tertiary/aromatic N) is 4. The molecule has 2 N–H and O–H groups in total. The number of aryl methyl sites for hydroxylation is 1. The first-order chi connectivity index (χ1) is 6.98. The van der Waals surface area contributed by atoms with E-state index in [4.69, 9.17) is 5.11 Å². The smallest absolute Gasteiger partial charge is 0.306 e. The molecule has 0 amide bonds. The molecule has 7 nitrogen and oxygen atoms in total. The normalized spacial score (nSPS) is 29.9. The monoisotopic (exact) mass is 212 g/mol. The molecule has 0 atom stereocenters. The van der Waals surface area contributed by atoms with Crippen LogP contribution in [0.3, 0.4) is 0 Å². The number of aliphatic hydroxyl groups is 1. The Labute approximate surface area is 85.7 Å². The molecule has 1 fully saturated rings. The first-order valence-electron chi connectivity index (χ1n) is 4.67. The third-order valence-electron chi connectivity index (χ3n) is 2.64. The zero-order valence-electron chi connectivity index (χ0n) is 8.29. The van der Waals surface area contributed by atoms with Crippen molar-refractivity contribution in [3.63, 3.8) is 0 Å². The maximum atomic E-state index is 10.6. The van der Waals surface area contributed by atoms with Crippen molar-refractivity contribution in [1.29, 1.82) is 0 Å². The van der Waals surface area contributed by atoms with Gasteiger partial charge in [-0.1, -0.05) is 0 Å². The lowest BCUT2D eigenvalue weighted by Crippen LogP contribution is -2.48. The van der Waals surface area contributed by atoms with Crippen LogP contribution in [-0.4, -0.2) is 42.0 Å². The Morgan fingerprint density at radius 3 is 2.80 bits per heavy atom. The van der Waals surface area contributed by atoms with E-state index in [0.717, 1.165) is 0 Å². The van der Waals surface area contributed by atoms with Crippen molar-refractivity contribution in [3.05, 3.63) is 5.82 Å². The summed E-state index contributed by atoms with van der Waals surface area (Å²) in [6.45, 7) is 0. The van der Waals surface area contributed by atoms with Crippen LogP contribution in [0.4, 0.5) is 0 Å². The van der Waals surface area contributed by atoms with Crippen molar-refractivity contribution in [2.24, 2.45) is 13.0 Å². The summed E-state index contributed by atoms with van der Waals surface area (Å²) in [6.07, 6.45) is 0.797. The minimum atomic E-state index is -0.966. The lowest BCUT2D eigenvalue weighted by Gasteiger charge is -2.40. The molecule has 0 radical (unpaired) electrons. The second kappa shape index (κ2) is 3.27. The van der Waals surface area contributed by atoms with E-state index in [-0.39, 0.29) is 19.3 Å². The third-order valence-corrected chi connectivity index (χ3v) is 2.64. The highest BCUT2D eigenvalue weighted by molar-refractivity contribution is 5.71. The van der Waals surface area contributed by atoms with Gasteiger partial charge < -0.3 is 10.2 Å². The Morgan fingerprint density at radius 2 is 2.33 bits per heavy atom. The molecule has 0 unspecified atom stereocenters. The van der Waals surface area contributed by atoms with Crippen LogP contribution in [0, 0.1) is 5.92 Å². The van der Waals surface area contributed by atoms with Crippen molar-refractivity contribution in [2.75, 3.05) is 0 Å². The molecular formula is C8H12N4O3. The number of aliphatic carboxylic acids is 1. The summed E-state index contributed by atoms with van der Waals surface area (Å²) in [5.41, 5.74) is -0.966. The van der Waals surface area contributed by atoms with Gasteiger partial charge in [0.15, 0.2) is 5.82 Å². The molecule has 1 aromatic heterocycles. The van der Waals surface area contributed by atoms with Gasteiger partial charge in [0.2, 0.25) is 0 Å². The van der Waals surface area contributed by atoms with E-state index in [1.807, 2.05) is 0 Å². The predicted molar refractivity (Wildman–Crippen MR) is 47.8 cm³/mol. The number of hydrogen-bond acceptors (Lipinski definition) is 5. The van der Waals surface area contributed by atoms with Crippen molar-refractivity contribution in [1.82, 2.24) is 20.2 Å². The van der Waals surface area contributed by atoms with Crippen LogP contribution in [0.25, 0.3) is 0 Å². The second-order valence-electron chi connectivity index (χ2n) is 4.04. The quantitative estimate of drug-likeness (QED) is 0.665. The van der Waals surface area contributed by atoms with Gasteiger partial charge in [0.05, 0.1) is 18.6 Å². The summed E-state index contributed by atoms with van der Waals surface area (Å²) in [5.74, 6) is -0.845. The average Bonchev–Trinajstić information content (AvgIpc) is 2.46. The van der Waals surface area contributed by atoms with Gasteiger partial charge in [-0.15, -0.1) is 10.2 Å². The lowest BCUT2D eigenvalue weighted by molar-refractivity contribution is -0.158. The largest absolute Gasteiger partial charge is 0.481 e. The van der Waals surface area contributed by atoms with E-state index in [1.165, 1.54) is 4.80 Å². The maximum Gasteiger partial charge on any atom is 0.306 e. The third kappa shape index (κ3) is 1.96. The summed E-state index contributed by atoms with van der Waals surface area (Å²) in [5, 5.41) is 29.9. The number of hydrogen-bond donors (Lipinski definition) is 2. The lowest BCUT2D eigenvalue weighted by atomic mass is 9.69. The highest BCUT2D eigenvalue weighted by Crippen LogP contribution is 2.39. The van der Waals surface area contributed by atoms with Crippen molar-refractivity contribution < 1.29 is 15.0 Å². The molecule has 7 heteroatoms. The molecule has 15 heavy (non-hydrogen) atoms. The van der Waals surface area contributed by atoms with Crippen molar-refractivity contribution in [2.45, 2.75) is 24.9 Å². The molecule has 0 spiro atoms. The molecule has 1 heterocycles. The van der Waals surface area contributed by atoms with Gasteiger partial charge in [0, 0.05) is 6.42 Å². The van der Waals surface area contributed by atoms with Crippen LogP contribution in [0.15, 0.2) is 0 Å². The number of aromatic nitrogens is 4. The zero-order chi connectivity index (χ0) is 11.1. The van der Waals surface area contributed by atoms with Crippen LogP contribution in [0.2, 0.25) is 0 Å². The van der Waals surface area contributed by atoms with E-state index < -0.39 is 17.5 Å². The fourth-order valence-electron chi connectivity index (χ4n) is 1.86. The SMILES string of the molecule is Cn1nnc(CC2(O)CC(C(=O)O)C2)n1. The number of rotatable bonds is 3. The van der Waals surface area contributed by atoms with Gasteiger partial charge in [-0.2, -0.15) is 4.80 Å². The number of carboxylic acid groups (broad SMARTS) is 1. The van der Waals surface area contributed by atoms with Crippen molar-refractivity contribution in [3.8, 4) is 0 Å². The van der Waals surface area contributed by atoms with Gasteiger partial charge in [-0.05, 0) is 18.1 Å². The number of carbonyl (C=O) groups is 1. The molecule has 0 aliphatic heterocycles. The molecule has 0 aromatic carbocycles.